The first kappa shape index (κ1) is 14.6. The molecule has 0 amide bonds. The van der Waals surface area contributed by atoms with E-state index in [0.29, 0.717) is 22.9 Å². The Labute approximate surface area is 118 Å². The summed E-state index contributed by atoms with van der Waals surface area (Å²) in [6, 6.07) is 12.0. The van der Waals surface area contributed by atoms with Crippen LogP contribution in [0.25, 0.3) is 0 Å². The van der Waals surface area contributed by atoms with Crippen molar-refractivity contribution in [2.75, 3.05) is 0 Å². The van der Waals surface area contributed by atoms with Gasteiger partial charge in [0.05, 0.1) is 0 Å². The van der Waals surface area contributed by atoms with Gasteiger partial charge in [-0.15, -0.1) is 0 Å². The molecule has 1 heteroatoms. The van der Waals surface area contributed by atoms with Gasteiger partial charge in [-0.2, -0.15) is 0 Å². The summed E-state index contributed by atoms with van der Waals surface area (Å²) in [6.07, 6.45) is 3.92. The van der Waals surface area contributed by atoms with Gasteiger partial charge in [-0.05, 0) is 42.6 Å². The van der Waals surface area contributed by atoms with Crippen LogP contribution < -0.4 is 5.32 Å². The lowest BCUT2D eigenvalue weighted by Gasteiger charge is -2.32. The van der Waals surface area contributed by atoms with Gasteiger partial charge in [-0.3, -0.25) is 0 Å². The maximum atomic E-state index is 3.89. The molecule has 1 aromatic carbocycles. The molecule has 0 aliphatic heterocycles. The molecule has 106 valence electrons. The summed E-state index contributed by atoms with van der Waals surface area (Å²) in [7, 11) is 0. The fourth-order valence-corrected chi connectivity index (χ4v) is 2.70. The Morgan fingerprint density at radius 1 is 1.16 bits per heavy atom. The Bertz CT molecular complexity index is 397. The molecule has 0 radical (unpaired) electrons. The predicted molar refractivity (Wildman–Crippen MR) is 83.2 cm³/mol. The molecule has 1 aliphatic rings. The molecule has 1 saturated carbocycles. The Morgan fingerprint density at radius 3 is 2.21 bits per heavy atom. The van der Waals surface area contributed by atoms with Crippen molar-refractivity contribution in [1.29, 1.82) is 0 Å². The lowest BCUT2D eigenvalue weighted by molar-refractivity contribution is 0.266. The summed E-state index contributed by atoms with van der Waals surface area (Å²) in [5.74, 6) is 0. The maximum Gasteiger partial charge on any atom is 0.0327 e. The Balaban J connectivity index is 2.10. The Kier molecular flexibility index (Phi) is 4.06. The molecular formula is C18H29N. The molecule has 1 nitrogen and oxygen atoms in total. The highest BCUT2D eigenvalue weighted by atomic mass is 15.0. The van der Waals surface area contributed by atoms with Crippen molar-refractivity contribution in [2.45, 2.75) is 66.0 Å². The standard InChI is InChI=1S/C18H29N/c1-14(18(5)11-12-18)19-16(13-17(2,3)4)15-9-7-6-8-10-15/h6-10,14,16,19H,11-13H2,1-5H3. The van der Waals surface area contributed by atoms with E-state index in [2.05, 4.69) is 70.3 Å². The van der Waals surface area contributed by atoms with Gasteiger partial charge in [-0.1, -0.05) is 58.0 Å². The van der Waals surface area contributed by atoms with Gasteiger partial charge in [0, 0.05) is 12.1 Å². The first-order chi connectivity index (χ1) is 8.80. The summed E-state index contributed by atoms with van der Waals surface area (Å²) in [6.45, 7) is 11.7. The van der Waals surface area contributed by atoms with Crippen molar-refractivity contribution in [3.63, 3.8) is 0 Å². The Morgan fingerprint density at radius 2 is 1.74 bits per heavy atom. The molecule has 0 aromatic heterocycles. The zero-order valence-electron chi connectivity index (χ0n) is 13.2. The second-order valence-corrected chi connectivity index (χ2v) is 7.77. The van der Waals surface area contributed by atoms with Gasteiger partial charge in [0.15, 0.2) is 0 Å². The van der Waals surface area contributed by atoms with E-state index in [1.165, 1.54) is 24.8 Å². The van der Waals surface area contributed by atoms with E-state index in [0.717, 1.165) is 0 Å². The third-order valence-corrected chi connectivity index (χ3v) is 4.55. The van der Waals surface area contributed by atoms with E-state index >= 15 is 0 Å². The second kappa shape index (κ2) is 5.28. The quantitative estimate of drug-likeness (QED) is 0.789. The van der Waals surface area contributed by atoms with Gasteiger partial charge in [0.2, 0.25) is 0 Å². The van der Waals surface area contributed by atoms with Crippen LogP contribution in [0.5, 0.6) is 0 Å². The van der Waals surface area contributed by atoms with Crippen LogP contribution in [0.2, 0.25) is 0 Å². The number of rotatable bonds is 5. The second-order valence-electron chi connectivity index (χ2n) is 7.77. The summed E-state index contributed by atoms with van der Waals surface area (Å²) in [4.78, 5) is 0. The third-order valence-electron chi connectivity index (χ3n) is 4.55. The van der Waals surface area contributed by atoms with E-state index in [9.17, 15) is 0 Å². The lowest BCUT2D eigenvalue weighted by Crippen LogP contribution is -2.37. The zero-order chi connectivity index (χ0) is 14.1. The molecule has 0 spiro atoms. The van der Waals surface area contributed by atoms with Crippen LogP contribution >= 0.6 is 0 Å². The highest BCUT2D eigenvalue weighted by molar-refractivity contribution is 5.19. The SMILES string of the molecule is CC(NC(CC(C)(C)C)c1ccccc1)C1(C)CC1. The number of hydrogen-bond acceptors (Lipinski definition) is 1. The fraction of sp³-hybridized carbons (Fsp3) is 0.667. The molecule has 0 saturated heterocycles. The fourth-order valence-electron chi connectivity index (χ4n) is 2.70. The summed E-state index contributed by atoms with van der Waals surface area (Å²) in [5.41, 5.74) is 2.30. The topological polar surface area (TPSA) is 12.0 Å². The van der Waals surface area contributed by atoms with Crippen LogP contribution in [-0.4, -0.2) is 6.04 Å². The van der Waals surface area contributed by atoms with Gasteiger partial charge in [-0.25, -0.2) is 0 Å². The van der Waals surface area contributed by atoms with E-state index in [1.807, 2.05) is 0 Å². The van der Waals surface area contributed by atoms with Crippen molar-refractivity contribution in [3.05, 3.63) is 35.9 Å². The number of hydrogen-bond donors (Lipinski definition) is 1. The van der Waals surface area contributed by atoms with Crippen molar-refractivity contribution in [3.8, 4) is 0 Å². The van der Waals surface area contributed by atoms with Crippen LogP contribution in [0.3, 0.4) is 0 Å². The van der Waals surface area contributed by atoms with Crippen molar-refractivity contribution < 1.29 is 0 Å². The maximum absolute atomic E-state index is 3.89. The normalized spacial score (nSPS) is 20.9. The molecule has 0 bridgehead atoms. The highest BCUT2D eigenvalue weighted by Gasteiger charge is 2.43. The molecule has 1 aromatic rings. The van der Waals surface area contributed by atoms with Gasteiger partial charge < -0.3 is 5.32 Å². The average molecular weight is 259 g/mol. The molecule has 0 heterocycles. The smallest absolute Gasteiger partial charge is 0.0327 e. The minimum Gasteiger partial charge on any atom is -0.307 e. The van der Waals surface area contributed by atoms with Crippen molar-refractivity contribution in [2.24, 2.45) is 10.8 Å². The minimum absolute atomic E-state index is 0.345. The molecule has 2 unspecified atom stereocenters. The molecule has 2 rings (SSSR count). The van der Waals surface area contributed by atoms with Crippen LogP contribution in [0.1, 0.15) is 65.5 Å². The van der Waals surface area contributed by atoms with Gasteiger partial charge >= 0.3 is 0 Å². The molecule has 2 atom stereocenters. The number of nitrogens with one attached hydrogen (secondary N) is 1. The summed E-state index contributed by atoms with van der Waals surface area (Å²) >= 11 is 0. The monoisotopic (exact) mass is 259 g/mol. The van der Waals surface area contributed by atoms with E-state index < -0.39 is 0 Å². The lowest BCUT2D eigenvalue weighted by atomic mass is 9.84. The van der Waals surface area contributed by atoms with E-state index in [4.69, 9.17) is 0 Å². The van der Waals surface area contributed by atoms with E-state index in [1.54, 1.807) is 0 Å². The third kappa shape index (κ3) is 4.07. The molecule has 1 N–H and O–H groups in total. The predicted octanol–water partition coefficient (Wildman–Crippen LogP) is 4.94. The van der Waals surface area contributed by atoms with Crippen LogP contribution in [-0.2, 0) is 0 Å². The van der Waals surface area contributed by atoms with E-state index in [-0.39, 0.29) is 0 Å². The zero-order valence-corrected chi connectivity index (χ0v) is 13.2. The number of benzene rings is 1. The van der Waals surface area contributed by atoms with Crippen LogP contribution in [0.15, 0.2) is 30.3 Å². The first-order valence-electron chi connectivity index (χ1n) is 7.61. The summed E-state index contributed by atoms with van der Waals surface area (Å²) in [5, 5.41) is 3.89. The largest absolute Gasteiger partial charge is 0.307 e. The molecule has 1 fully saturated rings. The highest BCUT2D eigenvalue weighted by Crippen LogP contribution is 2.48. The first-order valence-corrected chi connectivity index (χ1v) is 7.61. The van der Waals surface area contributed by atoms with Crippen molar-refractivity contribution >= 4 is 0 Å². The molecule has 1 aliphatic carbocycles. The van der Waals surface area contributed by atoms with Crippen molar-refractivity contribution in [1.82, 2.24) is 5.32 Å². The van der Waals surface area contributed by atoms with Gasteiger partial charge in [0.1, 0.15) is 0 Å². The van der Waals surface area contributed by atoms with Crippen LogP contribution in [0, 0.1) is 10.8 Å². The molecular weight excluding hydrogens is 230 g/mol. The Hall–Kier alpha value is -0.820. The van der Waals surface area contributed by atoms with Crippen LogP contribution in [0.4, 0.5) is 0 Å². The van der Waals surface area contributed by atoms with Gasteiger partial charge in [0.25, 0.3) is 0 Å². The minimum atomic E-state index is 0.345. The average Bonchev–Trinajstić information content (AvgIpc) is 3.07. The summed E-state index contributed by atoms with van der Waals surface area (Å²) < 4.78 is 0. The molecule has 19 heavy (non-hydrogen) atoms.